The van der Waals surface area contributed by atoms with Gasteiger partial charge in [0.1, 0.15) is 4.33 Å². The van der Waals surface area contributed by atoms with Gasteiger partial charge in [0.25, 0.3) is 0 Å². The van der Waals surface area contributed by atoms with Crippen LogP contribution in [0.15, 0.2) is 0 Å². The van der Waals surface area contributed by atoms with E-state index in [9.17, 15) is 0 Å². The van der Waals surface area contributed by atoms with Crippen LogP contribution in [0.1, 0.15) is 78.1 Å². The molecular formula is C13H26Cl2. The molecule has 0 N–H and O–H groups in total. The predicted molar refractivity (Wildman–Crippen MR) is 72.0 cm³/mol. The molecule has 2 heteroatoms. The SMILES string of the molecule is C1CCCC1.C1CCCC1.CC(C)(Cl)Cl. The van der Waals surface area contributed by atoms with Crippen LogP contribution < -0.4 is 0 Å². The Kier molecular flexibility index (Phi) is 10.2. The Morgan fingerprint density at radius 3 is 0.667 bits per heavy atom. The molecule has 0 aliphatic heterocycles. The highest BCUT2D eigenvalue weighted by Gasteiger charge is 2.03. The van der Waals surface area contributed by atoms with Crippen molar-refractivity contribution in [2.75, 3.05) is 0 Å². The van der Waals surface area contributed by atoms with Gasteiger partial charge in [-0.3, -0.25) is 0 Å². The van der Waals surface area contributed by atoms with E-state index >= 15 is 0 Å². The molecule has 0 aromatic rings. The first-order valence-electron chi connectivity index (χ1n) is 6.38. The topological polar surface area (TPSA) is 0 Å². The summed E-state index contributed by atoms with van der Waals surface area (Å²) in [5, 5.41) is 0. The zero-order valence-corrected chi connectivity index (χ0v) is 11.8. The molecule has 2 saturated carbocycles. The maximum Gasteiger partial charge on any atom is 0.112 e. The normalized spacial score (nSPS) is 20.0. The molecule has 2 aliphatic carbocycles. The summed E-state index contributed by atoms with van der Waals surface area (Å²) < 4.78 is -0.556. The summed E-state index contributed by atoms with van der Waals surface area (Å²) in [6.45, 7) is 3.44. The highest BCUT2D eigenvalue weighted by atomic mass is 35.5. The molecule has 0 radical (unpaired) electrons. The third kappa shape index (κ3) is 20.6. The van der Waals surface area contributed by atoms with Gasteiger partial charge in [-0.05, 0) is 13.8 Å². The van der Waals surface area contributed by atoms with Crippen LogP contribution in [0.2, 0.25) is 0 Å². The third-order valence-electron chi connectivity index (χ3n) is 2.50. The largest absolute Gasteiger partial charge is 0.112 e. The van der Waals surface area contributed by atoms with Crippen molar-refractivity contribution in [3.63, 3.8) is 0 Å². The first kappa shape index (κ1) is 15.6. The Hall–Kier alpha value is 0.580. The minimum Gasteiger partial charge on any atom is -0.102 e. The second-order valence-electron chi connectivity index (χ2n) is 4.86. The van der Waals surface area contributed by atoms with E-state index in [4.69, 9.17) is 23.2 Å². The fourth-order valence-electron chi connectivity index (χ4n) is 1.77. The van der Waals surface area contributed by atoms with E-state index in [1.165, 1.54) is 64.2 Å². The summed E-state index contributed by atoms with van der Waals surface area (Å²) in [4.78, 5) is 0. The third-order valence-corrected chi connectivity index (χ3v) is 2.50. The lowest BCUT2D eigenvalue weighted by Crippen LogP contribution is -1.93. The van der Waals surface area contributed by atoms with E-state index < -0.39 is 4.33 Å². The van der Waals surface area contributed by atoms with Gasteiger partial charge in [0.05, 0.1) is 0 Å². The van der Waals surface area contributed by atoms with Crippen LogP contribution in [0.25, 0.3) is 0 Å². The van der Waals surface area contributed by atoms with Crippen molar-refractivity contribution >= 4 is 23.2 Å². The monoisotopic (exact) mass is 252 g/mol. The second kappa shape index (κ2) is 9.78. The van der Waals surface area contributed by atoms with E-state index in [1.54, 1.807) is 13.8 Å². The van der Waals surface area contributed by atoms with Gasteiger partial charge in [0.15, 0.2) is 0 Å². The van der Waals surface area contributed by atoms with Crippen LogP contribution in [-0.4, -0.2) is 4.33 Å². The van der Waals surface area contributed by atoms with Crippen LogP contribution in [0, 0.1) is 0 Å². The van der Waals surface area contributed by atoms with Crippen molar-refractivity contribution < 1.29 is 0 Å². The minimum atomic E-state index is -0.556. The molecule has 0 heterocycles. The zero-order chi connectivity index (χ0) is 11.6. The molecule has 0 aromatic heterocycles. The maximum atomic E-state index is 5.30. The molecule has 0 aromatic carbocycles. The summed E-state index contributed by atoms with van der Waals surface area (Å²) in [5.41, 5.74) is 0. The molecule has 0 spiro atoms. The molecule has 0 nitrogen and oxygen atoms in total. The summed E-state index contributed by atoms with van der Waals surface area (Å²) >= 11 is 10.6. The number of hydrogen-bond acceptors (Lipinski definition) is 0. The number of halogens is 2. The van der Waals surface area contributed by atoms with Gasteiger partial charge in [-0.2, -0.15) is 0 Å². The van der Waals surface area contributed by atoms with Gasteiger partial charge in [-0.25, -0.2) is 0 Å². The van der Waals surface area contributed by atoms with Gasteiger partial charge in [-0.15, -0.1) is 23.2 Å². The molecule has 92 valence electrons. The lowest BCUT2D eigenvalue weighted by Gasteiger charge is -1.98. The van der Waals surface area contributed by atoms with Crippen LogP contribution in [0.4, 0.5) is 0 Å². The highest BCUT2D eigenvalue weighted by molar-refractivity contribution is 6.47. The second-order valence-corrected chi connectivity index (χ2v) is 6.95. The van der Waals surface area contributed by atoms with Crippen LogP contribution >= 0.6 is 23.2 Å². The van der Waals surface area contributed by atoms with Crippen LogP contribution in [-0.2, 0) is 0 Å². The Morgan fingerprint density at radius 1 is 0.533 bits per heavy atom. The van der Waals surface area contributed by atoms with Crippen molar-refractivity contribution in [3.05, 3.63) is 0 Å². The summed E-state index contributed by atoms with van der Waals surface area (Å²) in [7, 11) is 0. The first-order valence-corrected chi connectivity index (χ1v) is 7.13. The summed E-state index contributed by atoms with van der Waals surface area (Å²) in [6, 6.07) is 0. The number of alkyl halides is 2. The van der Waals surface area contributed by atoms with E-state index in [1.807, 2.05) is 0 Å². The molecule has 15 heavy (non-hydrogen) atoms. The quantitative estimate of drug-likeness (QED) is 0.457. The molecule has 0 amide bonds. The smallest absolute Gasteiger partial charge is 0.102 e. The lowest BCUT2D eigenvalue weighted by atomic mass is 10.4. The Labute approximate surface area is 106 Å². The Morgan fingerprint density at radius 2 is 0.600 bits per heavy atom. The molecule has 2 fully saturated rings. The van der Waals surface area contributed by atoms with E-state index in [0.29, 0.717) is 0 Å². The minimum absolute atomic E-state index is 0.556. The Balaban J connectivity index is 0.000000196. The fraction of sp³-hybridized carbons (Fsp3) is 1.00. The van der Waals surface area contributed by atoms with Gasteiger partial charge >= 0.3 is 0 Å². The molecule has 0 unspecified atom stereocenters. The van der Waals surface area contributed by atoms with Crippen LogP contribution in [0.3, 0.4) is 0 Å². The Bertz CT molecular complexity index is 87.8. The van der Waals surface area contributed by atoms with Crippen molar-refractivity contribution in [2.45, 2.75) is 82.4 Å². The number of hydrogen-bond donors (Lipinski definition) is 0. The molecular weight excluding hydrogens is 227 g/mol. The standard InChI is InChI=1S/2C5H10.C3H6Cl2/c2*1-2-4-5-3-1;1-3(2,4)5/h2*1-5H2;1-2H3. The van der Waals surface area contributed by atoms with E-state index in [-0.39, 0.29) is 0 Å². The maximum absolute atomic E-state index is 5.30. The van der Waals surface area contributed by atoms with Gasteiger partial charge in [0, 0.05) is 0 Å². The average Bonchev–Trinajstić information content (AvgIpc) is 2.81. The molecule has 2 rings (SSSR count). The summed E-state index contributed by atoms with van der Waals surface area (Å²) in [5.74, 6) is 0. The molecule has 0 bridgehead atoms. The average molecular weight is 253 g/mol. The van der Waals surface area contributed by atoms with Crippen molar-refractivity contribution in [1.29, 1.82) is 0 Å². The van der Waals surface area contributed by atoms with Crippen molar-refractivity contribution in [3.8, 4) is 0 Å². The van der Waals surface area contributed by atoms with Crippen molar-refractivity contribution in [1.82, 2.24) is 0 Å². The van der Waals surface area contributed by atoms with Crippen LogP contribution in [0.5, 0.6) is 0 Å². The van der Waals surface area contributed by atoms with Crippen molar-refractivity contribution in [2.24, 2.45) is 0 Å². The molecule has 0 saturated heterocycles. The van der Waals surface area contributed by atoms with E-state index in [0.717, 1.165) is 0 Å². The predicted octanol–water partition coefficient (Wildman–Crippen LogP) is 6.10. The zero-order valence-electron chi connectivity index (χ0n) is 10.3. The lowest BCUT2D eigenvalue weighted by molar-refractivity contribution is 0.886. The number of rotatable bonds is 0. The van der Waals surface area contributed by atoms with Gasteiger partial charge in [-0.1, -0.05) is 64.2 Å². The first-order chi connectivity index (χ1) is 7.00. The molecule has 2 aliphatic rings. The highest BCUT2D eigenvalue weighted by Crippen LogP contribution is 2.16. The van der Waals surface area contributed by atoms with E-state index in [2.05, 4.69) is 0 Å². The summed E-state index contributed by atoms with van der Waals surface area (Å²) in [6.07, 6.45) is 15.0. The molecule has 0 atom stereocenters. The fourth-order valence-corrected chi connectivity index (χ4v) is 1.77. The van der Waals surface area contributed by atoms with Gasteiger partial charge < -0.3 is 0 Å². The van der Waals surface area contributed by atoms with Gasteiger partial charge in [0.2, 0.25) is 0 Å².